The molecule has 1 amide bonds. The van der Waals surface area contributed by atoms with E-state index in [-0.39, 0.29) is 29.1 Å². The lowest BCUT2D eigenvalue weighted by atomic mass is 9.90. The first-order valence-electron chi connectivity index (χ1n) is 9.99. The Morgan fingerprint density at radius 3 is 2.53 bits per heavy atom. The summed E-state index contributed by atoms with van der Waals surface area (Å²) in [7, 11) is 0. The molecule has 162 valence electrons. The predicted molar refractivity (Wildman–Crippen MR) is 109 cm³/mol. The lowest BCUT2D eigenvalue weighted by molar-refractivity contribution is -0.140. The molecule has 1 aromatic heterocycles. The van der Waals surface area contributed by atoms with Crippen molar-refractivity contribution >= 4 is 34.1 Å². The molecule has 1 aliphatic heterocycles. The Bertz CT molecular complexity index is 954. The first-order valence-corrected chi connectivity index (χ1v) is 10.4. The molecule has 5 nitrogen and oxygen atoms in total. The van der Waals surface area contributed by atoms with Crippen molar-refractivity contribution in [2.75, 3.05) is 11.9 Å². The number of halogens is 4. The van der Waals surface area contributed by atoms with E-state index in [1.807, 2.05) is 6.92 Å². The molecular formula is C21H23ClF3N3O2. The van der Waals surface area contributed by atoms with Crippen LogP contribution in [0.15, 0.2) is 24.3 Å². The fourth-order valence-corrected chi connectivity index (χ4v) is 4.08. The number of aromatic nitrogens is 1. The summed E-state index contributed by atoms with van der Waals surface area (Å²) in [6.07, 6.45) is -1.17. The normalized spacial score (nSPS) is 26.4. The SMILES string of the molecule is CC1(CC(=O)NC2CCC(Nc3cc(C(F)(F)F)nc4ccc(Cl)cc34)CC2)CO1. The summed E-state index contributed by atoms with van der Waals surface area (Å²) in [5, 5.41) is 7.29. The average molecular weight is 442 g/mol. The third kappa shape index (κ3) is 4.98. The molecule has 2 aliphatic rings. The molecule has 0 bridgehead atoms. The number of carbonyl (C=O) groups is 1. The molecule has 1 atom stereocenters. The van der Waals surface area contributed by atoms with E-state index in [9.17, 15) is 18.0 Å². The number of amides is 1. The van der Waals surface area contributed by atoms with Gasteiger partial charge in [-0.15, -0.1) is 0 Å². The molecule has 1 aliphatic carbocycles. The number of benzene rings is 1. The second-order valence-corrected chi connectivity index (χ2v) is 8.83. The second-order valence-electron chi connectivity index (χ2n) is 8.39. The molecule has 1 aromatic carbocycles. The largest absolute Gasteiger partial charge is 0.433 e. The van der Waals surface area contributed by atoms with E-state index in [0.717, 1.165) is 31.7 Å². The van der Waals surface area contributed by atoms with Gasteiger partial charge in [-0.05, 0) is 56.9 Å². The number of nitrogens with one attached hydrogen (secondary N) is 2. The smallest absolute Gasteiger partial charge is 0.382 e. The van der Waals surface area contributed by atoms with Gasteiger partial charge < -0.3 is 15.4 Å². The number of alkyl halides is 3. The van der Waals surface area contributed by atoms with Crippen molar-refractivity contribution in [1.82, 2.24) is 10.3 Å². The third-order valence-corrected chi connectivity index (χ3v) is 5.92. The summed E-state index contributed by atoms with van der Waals surface area (Å²) in [5.41, 5.74) is -0.631. The molecule has 2 N–H and O–H groups in total. The van der Waals surface area contributed by atoms with Crippen molar-refractivity contribution in [2.45, 2.75) is 62.9 Å². The maximum atomic E-state index is 13.3. The number of fused-ring (bicyclic) bond motifs is 1. The zero-order valence-corrected chi connectivity index (χ0v) is 17.2. The second kappa shape index (κ2) is 7.89. The first kappa shape index (κ1) is 21.2. The summed E-state index contributed by atoms with van der Waals surface area (Å²) in [5.74, 6) is -0.0176. The van der Waals surface area contributed by atoms with Crippen LogP contribution in [0.1, 0.15) is 44.7 Å². The number of hydrogen-bond acceptors (Lipinski definition) is 4. The zero-order valence-electron chi connectivity index (χ0n) is 16.5. The van der Waals surface area contributed by atoms with Crippen LogP contribution in [-0.2, 0) is 15.7 Å². The Labute approximate surface area is 177 Å². The first-order chi connectivity index (χ1) is 14.1. The molecule has 2 fully saturated rings. The minimum absolute atomic E-state index is 0.00750. The van der Waals surface area contributed by atoms with Gasteiger partial charge in [0, 0.05) is 28.2 Å². The minimum atomic E-state index is -4.53. The third-order valence-electron chi connectivity index (χ3n) is 5.68. The van der Waals surface area contributed by atoms with Crippen LogP contribution in [0.4, 0.5) is 18.9 Å². The molecule has 4 rings (SSSR count). The number of hydrogen-bond donors (Lipinski definition) is 2. The number of rotatable bonds is 5. The van der Waals surface area contributed by atoms with E-state index in [4.69, 9.17) is 16.3 Å². The summed E-state index contributed by atoms with van der Waals surface area (Å²) < 4.78 is 45.1. The highest BCUT2D eigenvalue weighted by atomic mass is 35.5. The van der Waals surface area contributed by atoms with Crippen molar-refractivity contribution in [3.05, 3.63) is 35.0 Å². The number of nitrogens with zero attached hydrogens (tertiary/aromatic N) is 1. The minimum Gasteiger partial charge on any atom is -0.382 e. The van der Waals surface area contributed by atoms with Gasteiger partial charge >= 0.3 is 6.18 Å². The van der Waals surface area contributed by atoms with Crippen LogP contribution in [0, 0.1) is 0 Å². The number of carbonyl (C=O) groups excluding carboxylic acids is 1. The van der Waals surface area contributed by atoms with Crippen molar-refractivity contribution in [2.24, 2.45) is 0 Å². The highest BCUT2D eigenvalue weighted by Gasteiger charge is 2.41. The van der Waals surface area contributed by atoms with Crippen molar-refractivity contribution in [3.63, 3.8) is 0 Å². The molecule has 1 saturated carbocycles. The lowest BCUT2D eigenvalue weighted by Crippen LogP contribution is -2.41. The van der Waals surface area contributed by atoms with Crippen molar-refractivity contribution in [1.29, 1.82) is 0 Å². The van der Waals surface area contributed by atoms with Crippen LogP contribution in [-0.4, -0.2) is 35.2 Å². The molecule has 2 aromatic rings. The number of ether oxygens (including phenoxy) is 1. The van der Waals surface area contributed by atoms with Crippen LogP contribution in [0.2, 0.25) is 5.02 Å². The average Bonchev–Trinajstić information content (AvgIpc) is 3.39. The maximum absolute atomic E-state index is 13.3. The Morgan fingerprint density at radius 1 is 1.23 bits per heavy atom. The summed E-state index contributed by atoms with van der Waals surface area (Å²) in [6, 6.07) is 5.78. The highest BCUT2D eigenvalue weighted by Crippen LogP contribution is 2.35. The van der Waals surface area contributed by atoms with E-state index in [0.29, 0.717) is 29.1 Å². The highest BCUT2D eigenvalue weighted by molar-refractivity contribution is 6.31. The molecule has 2 heterocycles. The zero-order chi connectivity index (χ0) is 21.5. The monoisotopic (exact) mass is 441 g/mol. The van der Waals surface area contributed by atoms with Gasteiger partial charge in [-0.25, -0.2) is 4.98 Å². The summed E-state index contributed by atoms with van der Waals surface area (Å²) >= 11 is 6.05. The van der Waals surface area contributed by atoms with E-state index >= 15 is 0 Å². The van der Waals surface area contributed by atoms with Crippen LogP contribution in [0.3, 0.4) is 0 Å². The molecule has 0 spiro atoms. The Kier molecular flexibility index (Phi) is 5.57. The van der Waals surface area contributed by atoms with E-state index in [1.54, 1.807) is 6.07 Å². The van der Waals surface area contributed by atoms with Gasteiger partial charge in [0.05, 0.1) is 24.1 Å². The van der Waals surface area contributed by atoms with Crippen LogP contribution in [0.25, 0.3) is 10.9 Å². The van der Waals surface area contributed by atoms with Gasteiger partial charge in [0.1, 0.15) is 5.69 Å². The van der Waals surface area contributed by atoms with Crippen LogP contribution >= 0.6 is 11.6 Å². The number of pyridine rings is 1. The van der Waals surface area contributed by atoms with Crippen molar-refractivity contribution < 1.29 is 22.7 Å². The fraction of sp³-hybridized carbons (Fsp3) is 0.524. The summed E-state index contributed by atoms with van der Waals surface area (Å²) in [6.45, 7) is 2.52. The van der Waals surface area contributed by atoms with Gasteiger partial charge in [-0.2, -0.15) is 13.2 Å². The number of epoxide rings is 1. The molecule has 1 unspecified atom stereocenters. The molecule has 1 saturated heterocycles. The molecule has 30 heavy (non-hydrogen) atoms. The lowest BCUT2D eigenvalue weighted by Gasteiger charge is -2.31. The molecule has 0 radical (unpaired) electrons. The maximum Gasteiger partial charge on any atom is 0.433 e. The Balaban J connectivity index is 1.43. The summed E-state index contributed by atoms with van der Waals surface area (Å²) in [4.78, 5) is 15.9. The van der Waals surface area contributed by atoms with Gasteiger partial charge in [0.15, 0.2) is 0 Å². The van der Waals surface area contributed by atoms with Gasteiger partial charge in [-0.1, -0.05) is 11.6 Å². The Hall–Kier alpha value is -2.06. The standard InChI is InChI=1S/C21H23ClF3N3O2/c1-20(11-30-20)10-19(29)27-14-5-3-13(4-6-14)26-17-9-18(21(23,24)25)28-16-7-2-12(22)8-15(16)17/h2,7-9,13-14H,3-6,10-11H2,1H3,(H,26,28)(H,27,29). The Morgan fingerprint density at radius 2 is 1.90 bits per heavy atom. The topological polar surface area (TPSA) is 66.5 Å². The van der Waals surface area contributed by atoms with Crippen LogP contribution in [0.5, 0.6) is 0 Å². The van der Waals surface area contributed by atoms with E-state index in [2.05, 4.69) is 15.6 Å². The van der Waals surface area contributed by atoms with Gasteiger partial charge in [0.25, 0.3) is 0 Å². The predicted octanol–water partition coefficient (Wildman–Crippen LogP) is 4.93. The van der Waals surface area contributed by atoms with Crippen LogP contribution < -0.4 is 10.6 Å². The fourth-order valence-electron chi connectivity index (χ4n) is 3.91. The number of anilines is 1. The van der Waals surface area contributed by atoms with Gasteiger partial charge in [-0.3, -0.25) is 4.79 Å². The van der Waals surface area contributed by atoms with Crippen molar-refractivity contribution in [3.8, 4) is 0 Å². The van der Waals surface area contributed by atoms with E-state index in [1.165, 1.54) is 12.1 Å². The molecule has 9 heteroatoms. The van der Waals surface area contributed by atoms with Gasteiger partial charge in [0.2, 0.25) is 5.91 Å². The quantitative estimate of drug-likeness (QED) is 0.646. The molecular weight excluding hydrogens is 419 g/mol. The van der Waals surface area contributed by atoms with E-state index < -0.39 is 11.9 Å².